The van der Waals surface area contributed by atoms with E-state index in [9.17, 15) is 9.59 Å². The van der Waals surface area contributed by atoms with Crippen LogP contribution in [0.15, 0.2) is 71.5 Å². The molecule has 2 rings (SSSR count). The fraction of sp³-hybridized carbons (Fsp3) is 0.346. The minimum Gasteiger partial charge on any atom is -0.497 e. The van der Waals surface area contributed by atoms with Crippen molar-refractivity contribution in [3.05, 3.63) is 77.5 Å². The average Bonchev–Trinajstić information content (AvgIpc) is 2.78. The van der Waals surface area contributed by atoms with Crippen molar-refractivity contribution in [2.45, 2.75) is 40.5 Å². The Morgan fingerprint density at radius 2 is 1.62 bits per heavy atom. The number of carbonyl (C=O) groups is 2. The third kappa shape index (κ3) is 7.38. The number of unbranched alkanes of at least 4 members (excludes halogenated alkanes) is 1. The van der Waals surface area contributed by atoms with E-state index in [0.717, 1.165) is 29.7 Å². The number of nitrogens with one attached hydrogen (secondary N) is 1. The third-order valence-electron chi connectivity index (χ3n) is 4.66. The molecule has 32 heavy (non-hydrogen) atoms. The van der Waals surface area contributed by atoms with Crippen LogP contribution in [0.5, 0.6) is 5.75 Å². The largest absolute Gasteiger partial charge is 0.497 e. The summed E-state index contributed by atoms with van der Waals surface area (Å²) in [4.78, 5) is 25.2. The topological polar surface area (TPSA) is 77.0 Å². The Balaban J connectivity index is 2.43. The molecule has 1 N–H and O–H groups in total. The molecule has 0 fully saturated rings. The first-order valence-corrected chi connectivity index (χ1v) is 10.7. The minimum absolute atomic E-state index is 0.00275. The molecular weight excluding hydrogens is 404 g/mol. The number of benzene rings is 2. The van der Waals surface area contributed by atoms with Gasteiger partial charge in [0, 0.05) is 22.6 Å². The van der Waals surface area contributed by atoms with E-state index in [4.69, 9.17) is 9.47 Å². The number of hydrogen-bond donors (Lipinski definition) is 1. The Morgan fingerprint density at radius 1 is 1.00 bits per heavy atom. The van der Waals surface area contributed by atoms with Gasteiger partial charge in [-0.05, 0) is 30.7 Å². The second-order valence-corrected chi connectivity index (χ2v) is 8.33. The van der Waals surface area contributed by atoms with E-state index in [0.29, 0.717) is 5.71 Å². The van der Waals surface area contributed by atoms with Crippen LogP contribution in [0.25, 0.3) is 0 Å². The summed E-state index contributed by atoms with van der Waals surface area (Å²) in [5, 5.41) is 4.51. The molecule has 0 heterocycles. The molecule has 2 aromatic rings. The van der Waals surface area contributed by atoms with Gasteiger partial charge in [0.05, 0.1) is 19.4 Å². The Labute approximate surface area is 190 Å². The van der Waals surface area contributed by atoms with E-state index in [1.54, 1.807) is 27.9 Å². The van der Waals surface area contributed by atoms with Gasteiger partial charge in [0.25, 0.3) is 0 Å². The van der Waals surface area contributed by atoms with Crippen molar-refractivity contribution >= 4 is 17.5 Å². The Morgan fingerprint density at radius 3 is 2.19 bits per heavy atom. The zero-order valence-corrected chi connectivity index (χ0v) is 19.5. The van der Waals surface area contributed by atoms with Crippen molar-refractivity contribution in [3.8, 4) is 5.75 Å². The highest BCUT2D eigenvalue weighted by atomic mass is 16.5. The quantitative estimate of drug-likeness (QED) is 0.189. The molecule has 0 radical (unpaired) electrons. The van der Waals surface area contributed by atoms with E-state index < -0.39 is 11.4 Å². The van der Waals surface area contributed by atoms with Crippen LogP contribution in [0.4, 0.5) is 0 Å². The number of carbonyl (C=O) groups excluding carboxylic acids is 2. The summed E-state index contributed by atoms with van der Waals surface area (Å²) >= 11 is 0. The standard InChI is InChI=1S/C26H32N2O4/c1-6-7-17-32-25(30)22(18-23(29)26(2,3)4)27-28-24(19-11-9-8-10-12-19)20-13-15-21(31-5)16-14-20/h8-16,18,27H,6-7,17H2,1-5H3. The molecule has 0 amide bonds. The Kier molecular flexibility index (Phi) is 9.20. The van der Waals surface area contributed by atoms with Crippen LogP contribution in [0, 0.1) is 5.41 Å². The highest BCUT2D eigenvalue weighted by molar-refractivity contribution is 6.13. The molecule has 0 saturated carbocycles. The summed E-state index contributed by atoms with van der Waals surface area (Å²) in [6.07, 6.45) is 2.92. The number of ketones is 1. The van der Waals surface area contributed by atoms with Gasteiger partial charge in [0.15, 0.2) is 5.78 Å². The maximum Gasteiger partial charge on any atom is 0.356 e. The lowest BCUT2D eigenvalue weighted by molar-refractivity contribution is -0.140. The van der Waals surface area contributed by atoms with Gasteiger partial charge in [0.1, 0.15) is 11.4 Å². The summed E-state index contributed by atoms with van der Waals surface area (Å²) in [5.74, 6) is -0.0831. The van der Waals surface area contributed by atoms with Crippen molar-refractivity contribution in [1.82, 2.24) is 5.43 Å². The molecular formula is C26H32N2O4. The van der Waals surface area contributed by atoms with Gasteiger partial charge in [-0.1, -0.05) is 64.4 Å². The van der Waals surface area contributed by atoms with Crippen molar-refractivity contribution < 1.29 is 19.1 Å². The normalized spacial score (nSPS) is 12.3. The Bertz CT molecular complexity index is 956. The lowest BCUT2D eigenvalue weighted by Crippen LogP contribution is -2.25. The number of hydrazone groups is 1. The first kappa shape index (κ1) is 24.9. The molecule has 0 aliphatic carbocycles. The van der Waals surface area contributed by atoms with Gasteiger partial charge in [-0.15, -0.1) is 0 Å². The predicted octanol–water partition coefficient (Wildman–Crippen LogP) is 4.88. The minimum atomic E-state index is -0.640. The van der Waals surface area contributed by atoms with Gasteiger partial charge in [-0.2, -0.15) is 5.10 Å². The van der Waals surface area contributed by atoms with Gasteiger partial charge in [0.2, 0.25) is 0 Å². The fourth-order valence-electron chi connectivity index (χ4n) is 2.63. The van der Waals surface area contributed by atoms with Crippen LogP contribution in [0.1, 0.15) is 51.7 Å². The van der Waals surface area contributed by atoms with Crippen molar-refractivity contribution in [1.29, 1.82) is 0 Å². The molecule has 0 atom stereocenters. The van der Waals surface area contributed by atoms with E-state index >= 15 is 0 Å². The highest BCUT2D eigenvalue weighted by Crippen LogP contribution is 2.18. The number of nitrogens with zero attached hydrogens (tertiary/aromatic N) is 1. The molecule has 0 spiro atoms. The van der Waals surface area contributed by atoms with Crippen LogP contribution in [-0.2, 0) is 14.3 Å². The van der Waals surface area contributed by atoms with Crippen molar-refractivity contribution in [2.24, 2.45) is 10.5 Å². The van der Waals surface area contributed by atoms with Gasteiger partial charge in [-0.25, -0.2) is 4.79 Å². The molecule has 2 aromatic carbocycles. The number of rotatable bonds is 10. The maximum atomic E-state index is 12.7. The third-order valence-corrected chi connectivity index (χ3v) is 4.66. The fourth-order valence-corrected chi connectivity index (χ4v) is 2.63. The molecule has 6 heteroatoms. The summed E-state index contributed by atoms with van der Waals surface area (Å²) < 4.78 is 10.6. The number of hydrogen-bond acceptors (Lipinski definition) is 6. The zero-order valence-electron chi connectivity index (χ0n) is 19.5. The van der Waals surface area contributed by atoms with Crippen LogP contribution < -0.4 is 10.2 Å². The number of methoxy groups -OCH3 is 1. The predicted molar refractivity (Wildman–Crippen MR) is 127 cm³/mol. The van der Waals surface area contributed by atoms with Gasteiger partial charge < -0.3 is 9.47 Å². The zero-order chi connectivity index (χ0) is 23.6. The lowest BCUT2D eigenvalue weighted by atomic mass is 9.90. The number of allylic oxidation sites excluding steroid dienone is 1. The molecule has 0 aliphatic heterocycles. The molecule has 0 unspecified atom stereocenters. The van der Waals surface area contributed by atoms with E-state index in [-0.39, 0.29) is 18.1 Å². The van der Waals surface area contributed by atoms with Crippen molar-refractivity contribution in [3.63, 3.8) is 0 Å². The molecule has 6 nitrogen and oxygen atoms in total. The van der Waals surface area contributed by atoms with Gasteiger partial charge >= 0.3 is 5.97 Å². The average molecular weight is 437 g/mol. The first-order chi connectivity index (χ1) is 15.3. The SMILES string of the molecule is CCCCOC(=O)C(=CC(=O)C(C)(C)C)NN=C(c1ccccc1)c1ccc(OC)cc1. The summed E-state index contributed by atoms with van der Waals surface area (Å²) in [5.41, 5.74) is 4.45. The van der Waals surface area contributed by atoms with Gasteiger partial charge in [-0.3, -0.25) is 10.2 Å². The maximum absolute atomic E-state index is 12.7. The highest BCUT2D eigenvalue weighted by Gasteiger charge is 2.22. The smallest absolute Gasteiger partial charge is 0.356 e. The van der Waals surface area contributed by atoms with Crippen molar-refractivity contribution in [2.75, 3.05) is 13.7 Å². The second-order valence-electron chi connectivity index (χ2n) is 8.33. The monoisotopic (exact) mass is 436 g/mol. The van der Waals surface area contributed by atoms with Crippen LogP contribution in [0.2, 0.25) is 0 Å². The van der Waals surface area contributed by atoms with E-state index in [2.05, 4.69) is 10.5 Å². The van der Waals surface area contributed by atoms with E-state index in [1.165, 1.54) is 6.08 Å². The van der Waals surface area contributed by atoms with Crippen LogP contribution in [-0.4, -0.2) is 31.2 Å². The number of esters is 1. The van der Waals surface area contributed by atoms with Crippen LogP contribution in [0.3, 0.4) is 0 Å². The number of ether oxygens (including phenoxy) is 2. The lowest BCUT2D eigenvalue weighted by Gasteiger charge is -2.15. The Hall–Kier alpha value is -3.41. The first-order valence-electron chi connectivity index (χ1n) is 10.7. The van der Waals surface area contributed by atoms with Crippen LogP contribution >= 0.6 is 0 Å². The second kappa shape index (κ2) is 11.8. The molecule has 0 saturated heterocycles. The summed E-state index contributed by atoms with van der Waals surface area (Å²) in [6, 6.07) is 17.0. The van der Waals surface area contributed by atoms with E-state index in [1.807, 2.05) is 61.5 Å². The summed E-state index contributed by atoms with van der Waals surface area (Å²) in [7, 11) is 1.61. The molecule has 0 aromatic heterocycles. The summed E-state index contributed by atoms with van der Waals surface area (Å²) in [6.45, 7) is 7.68. The molecule has 0 bridgehead atoms. The molecule has 170 valence electrons. The molecule has 0 aliphatic rings.